The number of aromatic nitrogens is 4. The van der Waals surface area contributed by atoms with Gasteiger partial charge in [0.15, 0.2) is 17.5 Å². The largest absolute Gasteiger partial charge is 0.456 e. The summed E-state index contributed by atoms with van der Waals surface area (Å²) in [5.41, 5.74) is 15.3. The van der Waals surface area contributed by atoms with Gasteiger partial charge in [-0.05, 0) is 101 Å². The van der Waals surface area contributed by atoms with E-state index in [2.05, 4.69) is 150 Å². The number of hydrogen-bond acceptors (Lipinski definition) is 6. The summed E-state index contributed by atoms with van der Waals surface area (Å²) in [5, 5.41) is 8.41. The summed E-state index contributed by atoms with van der Waals surface area (Å²) >= 11 is 0. The maximum absolute atomic E-state index is 6.62. The van der Waals surface area contributed by atoms with Gasteiger partial charge in [0.05, 0.1) is 11.0 Å². The van der Waals surface area contributed by atoms with Crippen molar-refractivity contribution in [3.63, 3.8) is 0 Å². The molecule has 0 saturated carbocycles. The van der Waals surface area contributed by atoms with Crippen molar-refractivity contribution < 1.29 is 13.3 Å². The number of fused-ring (bicyclic) bond motifs is 12. The Labute approximate surface area is 399 Å². The Kier molecular flexibility index (Phi) is 8.23. The van der Waals surface area contributed by atoms with Gasteiger partial charge in [0.2, 0.25) is 0 Å². The molecule has 326 valence electrons. The topological polar surface area (TPSA) is 83.0 Å². The molecule has 0 aliphatic carbocycles. The van der Waals surface area contributed by atoms with Gasteiger partial charge in [-0.3, -0.25) is 0 Å². The molecular formula is C63H36N4O3. The first-order valence-corrected chi connectivity index (χ1v) is 23.4. The van der Waals surface area contributed by atoms with Gasteiger partial charge in [0, 0.05) is 65.5 Å². The van der Waals surface area contributed by atoms with Crippen molar-refractivity contribution in [1.29, 1.82) is 0 Å². The lowest BCUT2D eigenvalue weighted by Crippen LogP contribution is -2.00. The van der Waals surface area contributed by atoms with Crippen LogP contribution < -0.4 is 0 Å². The number of benzene rings is 10. The molecule has 7 heteroatoms. The standard InChI is InChI=1S/C63H36N4O3/c1-3-14-37(15-4-1)61-64-62(45-21-12-26-56-59(45)44-19-8-10-24-52(44)68-56)66-63(65-61)46-22-13-27-57-60(46)49-36-40(30-33-54(49)70-57)42-20-11-25-55-58(42)48-35-39(29-32-53(48)69-55)38-28-31-51-47(34-38)43-18-7-9-23-50(43)67(51)41-16-5-2-6-17-41/h1-36H. The molecular weight excluding hydrogens is 861 g/mol. The van der Waals surface area contributed by atoms with Crippen LogP contribution in [0.1, 0.15) is 0 Å². The van der Waals surface area contributed by atoms with Gasteiger partial charge < -0.3 is 17.8 Å². The summed E-state index contributed by atoms with van der Waals surface area (Å²) < 4.78 is 21.9. The van der Waals surface area contributed by atoms with E-state index in [4.69, 9.17) is 28.2 Å². The van der Waals surface area contributed by atoms with Crippen LogP contribution in [0.5, 0.6) is 0 Å². The molecule has 0 aliphatic rings. The highest BCUT2D eigenvalue weighted by molar-refractivity contribution is 6.17. The van der Waals surface area contributed by atoms with Crippen LogP contribution in [0.3, 0.4) is 0 Å². The van der Waals surface area contributed by atoms with Gasteiger partial charge in [0.1, 0.15) is 33.5 Å². The number of nitrogens with zero attached hydrogens (tertiary/aromatic N) is 4. The maximum Gasteiger partial charge on any atom is 0.164 e. The molecule has 15 aromatic rings. The van der Waals surface area contributed by atoms with E-state index in [1.807, 2.05) is 72.8 Å². The first kappa shape index (κ1) is 38.5. The zero-order valence-electron chi connectivity index (χ0n) is 37.3. The fourth-order valence-electron chi connectivity index (χ4n) is 10.7. The second-order valence-corrected chi connectivity index (χ2v) is 17.9. The molecule has 5 aromatic heterocycles. The Morgan fingerprint density at radius 3 is 1.41 bits per heavy atom. The van der Waals surface area contributed by atoms with E-state index in [0.717, 1.165) is 110 Å². The molecule has 0 unspecified atom stereocenters. The first-order valence-electron chi connectivity index (χ1n) is 23.4. The van der Waals surface area contributed by atoms with Crippen LogP contribution in [0.25, 0.3) is 150 Å². The predicted molar refractivity (Wildman–Crippen MR) is 283 cm³/mol. The predicted octanol–water partition coefficient (Wildman–Crippen LogP) is 17.0. The number of rotatable bonds is 6. The zero-order chi connectivity index (χ0) is 45.9. The third-order valence-corrected chi connectivity index (χ3v) is 13.9. The average molecular weight is 897 g/mol. The summed E-state index contributed by atoms with van der Waals surface area (Å²) in [6.07, 6.45) is 0. The Bertz CT molecular complexity index is 4600. The second kappa shape index (κ2) is 15.0. The molecule has 10 aromatic carbocycles. The zero-order valence-corrected chi connectivity index (χ0v) is 37.3. The fraction of sp³-hybridized carbons (Fsp3) is 0. The van der Waals surface area contributed by atoms with Crippen molar-refractivity contribution in [2.24, 2.45) is 0 Å². The maximum atomic E-state index is 6.62. The lowest BCUT2D eigenvalue weighted by atomic mass is 9.95. The summed E-state index contributed by atoms with van der Waals surface area (Å²) in [5.74, 6) is 1.68. The molecule has 0 radical (unpaired) electrons. The van der Waals surface area contributed by atoms with E-state index in [0.29, 0.717) is 17.5 Å². The lowest BCUT2D eigenvalue weighted by molar-refractivity contribution is 0.668. The van der Waals surface area contributed by atoms with E-state index >= 15 is 0 Å². The quantitative estimate of drug-likeness (QED) is 0.165. The van der Waals surface area contributed by atoms with Crippen LogP contribution in [0.4, 0.5) is 0 Å². The van der Waals surface area contributed by atoms with Gasteiger partial charge in [-0.25, -0.2) is 15.0 Å². The number of furan rings is 3. The molecule has 0 saturated heterocycles. The van der Waals surface area contributed by atoms with Crippen molar-refractivity contribution in [1.82, 2.24) is 19.5 Å². The Balaban J connectivity index is 0.891. The van der Waals surface area contributed by atoms with Crippen LogP contribution >= 0.6 is 0 Å². The smallest absolute Gasteiger partial charge is 0.164 e. The van der Waals surface area contributed by atoms with Crippen molar-refractivity contribution in [2.45, 2.75) is 0 Å². The Hall–Kier alpha value is -9.59. The average Bonchev–Trinajstić information content (AvgIpc) is 4.19. The molecule has 0 fully saturated rings. The highest BCUT2D eigenvalue weighted by Crippen LogP contribution is 2.44. The van der Waals surface area contributed by atoms with E-state index in [-0.39, 0.29) is 0 Å². The molecule has 70 heavy (non-hydrogen) atoms. The fourth-order valence-corrected chi connectivity index (χ4v) is 10.7. The lowest BCUT2D eigenvalue weighted by Gasteiger charge is -2.10. The Morgan fingerprint density at radius 2 is 0.729 bits per heavy atom. The summed E-state index contributed by atoms with van der Waals surface area (Å²) in [6.45, 7) is 0. The van der Waals surface area contributed by atoms with E-state index in [1.165, 1.54) is 21.8 Å². The number of hydrogen-bond donors (Lipinski definition) is 0. The highest BCUT2D eigenvalue weighted by atomic mass is 16.3. The first-order chi connectivity index (χ1) is 34.7. The van der Waals surface area contributed by atoms with Crippen LogP contribution in [-0.4, -0.2) is 19.5 Å². The summed E-state index contributed by atoms with van der Waals surface area (Å²) in [6, 6.07) is 75.7. The van der Waals surface area contributed by atoms with Crippen LogP contribution in [0, 0.1) is 0 Å². The van der Waals surface area contributed by atoms with Crippen molar-refractivity contribution in [3.05, 3.63) is 218 Å². The molecule has 15 rings (SSSR count). The third kappa shape index (κ3) is 5.85. The van der Waals surface area contributed by atoms with Crippen LogP contribution in [0.15, 0.2) is 232 Å². The van der Waals surface area contributed by atoms with E-state index in [9.17, 15) is 0 Å². The molecule has 7 nitrogen and oxygen atoms in total. The monoisotopic (exact) mass is 896 g/mol. The van der Waals surface area contributed by atoms with Crippen LogP contribution in [0.2, 0.25) is 0 Å². The minimum absolute atomic E-state index is 0.547. The molecule has 0 N–H and O–H groups in total. The van der Waals surface area contributed by atoms with Gasteiger partial charge in [0.25, 0.3) is 0 Å². The minimum Gasteiger partial charge on any atom is -0.456 e. The molecule has 0 amide bonds. The van der Waals surface area contributed by atoms with Gasteiger partial charge in [-0.1, -0.05) is 140 Å². The highest BCUT2D eigenvalue weighted by Gasteiger charge is 2.22. The molecule has 0 atom stereocenters. The van der Waals surface area contributed by atoms with E-state index < -0.39 is 0 Å². The molecule has 0 aliphatic heterocycles. The van der Waals surface area contributed by atoms with Crippen molar-refractivity contribution in [2.75, 3.05) is 0 Å². The van der Waals surface area contributed by atoms with Gasteiger partial charge in [-0.15, -0.1) is 0 Å². The van der Waals surface area contributed by atoms with E-state index in [1.54, 1.807) is 0 Å². The second-order valence-electron chi connectivity index (χ2n) is 17.9. The normalized spacial score (nSPS) is 12.0. The SMILES string of the molecule is c1ccc(-c2nc(-c3cccc4oc5ccccc5c34)nc(-c3cccc4oc5ccc(-c6cccc7oc8ccc(-c9ccc%10c(c9)c9ccccc9n%10-c9ccccc9)cc8c67)cc5c34)n2)cc1. The molecule has 0 spiro atoms. The van der Waals surface area contributed by atoms with Gasteiger partial charge in [-0.2, -0.15) is 0 Å². The molecule has 0 bridgehead atoms. The minimum atomic E-state index is 0.547. The third-order valence-electron chi connectivity index (χ3n) is 13.9. The van der Waals surface area contributed by atoms with Crippen molar-refractivity contribution >= 4 is 87.6 Å². The molecule has 5 heterocycles. The summed E-state index contributed by atoms with van der Waals surface area (Å²) in [4.78, 5) is 15.6. The van der Waals surface area contributed by atoms with Crippen LogP contribution in [-0.2, 0) is 0 Å². The number of para-hydroxylation sites is 3. The van der Waals surface area contributed by atoms with Crippen molar-refractivity contribution in [3.8, 4) is 62.1 Å². The Morgan fingerprint density at radius 1 is 0.271 bits per heavy atom. The van der Waals surface area contributed by atoms with Gasteiger partial charge >= 0.3 is 0 Å². The summed E-state index contributed by atoms with van der Waals surface area (Å²) in [7, 11) is 0.